The molecule has 138 valence electrons. The van der Waals surface area contributed by atoms with Gasteiger partial charge in [0.25, 0.3) is 0 Å². The number of ketones is 1. The Morgan fingerprint density at radius 2 is 1.96 bits per heavy atom. The van der Waals surface area contributed by atoms with Crippen molar-refractivity contribution in [2.45, 2.75) is 24.3 Å². The van der Waals surface area contributed by atoms with Crippen LogP contribution in [0.3, 0.4) is 0 Å². The number of Topliss-reactive ketones (excluding diaryl/α,β-unsaturated/α-hetero) is 1. The van der Waals surface area contributed by atoms with E-state index in [0.717, 1.165) is 5.69 Å². The zero-order valence-electron chi connectivity index (χ0n) is 14.7. The van der Waals surface area contributed by atoms with Crippen LogP contribution in [0.2, 0.25) is 5.02 Å². The highest BCUT2D eigenvalue weighted by molar-refractivity contribution is 8.00. The molecule has 0 aliphatic heterocycles. The maximum absolute atomic E-state index is 12.5. The number of amides is 1. The Kier molecular flexibility index (Phi) is 5.93. The molecule has 1 aromatic heterocycles. The second-order valence-corrected chi connectivity index (χ2v) is 7.59. The van der Waals surface area contributed by atoms with Gasteiger partial charge in [0.1, 0.15) is 6.33 Å². The summed E-state index contributed by atoms with van der Waals surface area (Å²) in [6.07, 6.45) is 1.58. The van der Waals surface area contributed by atoms with Crippen LogP contribution in [0.5, 0.6) is 0 Å². The summed E-state index contributed by atoms with van der Waals surface area (Å²) < 4.78 is 1.77. The first-order chi connectivity index (χ1) is 12.9. The number of hydrogen-bond acceptors (Lipinski definition) is 5. The summed E-state index contributed by atoms with van der Waals surface area (Å²) in [4.78, 5) is 24.0. The standard InChI is InChI=1S/C19H17ClN4O2S/c1-12(25)14-5-3-7-16(9-14)22-18(26)13(2)27-19-23-21-11-24(19)17-8-4-6-15(20)10-17/h3-11,13H,1-2H3,(H,22,26)/t13-/m0/s1. The number of halogens is 1. The van der Waals surface area contributed by atoms with E-state index < -0.39 is 5.25 Å². The minimum atomic E-state index is -0.423. The number of rotatable bonds is 6. The molecule has 0 unspecified atom stereocenters. The van der Waals surface area contributed by atoms with E-state index in [1.54, 1.807) is 54.2 Å². The summed E-state index contributed by atoms with van der Waals surface area (Å²) in [6, 6.07) is 14.2. The predicted molar refractivity (Wildman–Crippen MR) is 107 cm³/mol. The molecule has 0 spiro atoms. The molecule has 8 heteroatoms. The Labute approximate surface area is 165 Å². The van der Waals surface area contributed by atoms with Gasteiger partial charge in [0, 0.05) is 16.3 Å². The van der Waals surface area contributed by atoms with Crippen molar-refractivity contribution < 1.29 is 9.59 Å². The lowest BCUT2D eigenvalue weighted by molar-refractivity contribution is -0.115. The van der Waals surface area contributed by atoms with Gasteiger partial charge in [-0.05, 0) is 44.2 Å². The van der Waals surface area contributed by atoms with Crippen molar-refractivity contribution in [1.82, 2.24) is 14.8 Å². The van der Waals surface area contributed by atoms with Gasteiger partial charge in [-0.3, -0.25) is 14.2 Å². The smallest absolute Gasteiger partial charge is 0.237 e. The van der Waals surface area contributed by atoms with Crippen LogP contribution >= 0.6 is 23.4 Å². The van der Waals surface area contributed by atoms with Gasteiger partial charge in [-0.15, -0.1) is 10.2 Å². The first kappa shape index (κ1) is 19.1. The monoisotopic (exact) mass is 400 g/mol. The molecule has 0 saturated carbocycles. The minimum absolute atomic E-state index is 0.0526. The zero-order chi connectivity index (χ0) is 19.4. The van der Waals surface area contributed by atoms with Gasteiger partial charge in [0.15, 0.2) is 10.9 Å². The van der Waals surface area contributed by atoms with Gasteiger partial charge in [0.05, 0.1) is 10.9 Å². The number of anilines is 1. The van der Waals surface area contributed by atoms with Gasteiger partial charge in [-0.1, -0.05) is 41.6 Å². The van der Waals surface area contributed by atoms with E-state index in [4.69, 9.17) is 11.6 Å². The van der Waals surface area contributed by atoms with Crippen LogP contribution < -0.4 is 5.32 Å². The van der Waals surface area contributed by atoms with Crippen molar-refractivity contribution >= 4 is 40.7 Å². The Morgan fingerprint density at radius 1 is 1.19 bits per heavy atom. The molecule has 0 fully saturated rings. The summed E-state index contributed by atoms with van der Waals surface area (Å²) in [6.45, 7) is 3.27. The van der Waals surface area contributed by atoms with E-state index >= 15 is 0 Å². The summed E-state index contributed by atoms with van der Waals surface area (Å²) in [5.41, 5.74) is 1.95. The Hall–Kier alpha value is -2.64. The summed E-state index contributed by atoms with van der Waals surface area (Å²) in [7, 11) is 0. The van der Waals surface area contributed by atoms with Gasteiger partial charge in [-0.2, -0.15) is 0 Å². The lowest BCUT2D eigenvalue weighted by Crippen LogP contribution is -2.23. The molecule has 3 aromatic rings. The molecule has 2 aromatic carbocycles. The summed E-state index contributed by atoms with van der Waals surface area (Å²) in [5, 5.41) is 11.6. The van der Waals surface area contributed by atoms with E-state index in [9.17, 15) is 9.59 Å². The highest BCUT2D eigenvalue weighted by atomic mass is 35.5. The maximum atomic E-state index is 12.5. The van der Waals surface area contributed by atoms with Crippen molar-refractivity contribution in [2.75, 3.05) is 5.32 Å². The molecule has 1 N–H and O–H groups in total. The van der Waals surface area contributed by atoms with E-state index in [0.29, 0.717) is 21.4 Å². The molecule has 3 rings (SSSR count). The Bertz CT molecular complexity index is 989. The van der Waals surface area contributed by atoms with Gasteiger partial charge in [-0.25, -0.2) is 0 Å². The molecule has 0 aliphatic rings. The van der Waals surface area contributed by atoms with Crippen LogP contribution in [0.4, 0.5) is 5.69 Å². The number of benzene rings is 2. The number of nitrogens with zero attached hydrogens (tertiary/aromatic N) is 3. The maximum Gasteiger partial charge on any atom is 0.237 e. The highest BCUT2D eigenvalue weighted by Gasteiger charge is 2.19. The van der Waals surface area contributed by atoms with Crippen LogP contribution in [0, 0.1) is 0 Å². The fourth-order valence-electron chi connectivity index (χ4n) is 2.38. The number of carbonyl (C=O) groups excluding carboxylic acids is 2. The van der Waals surface area contributed by atoms with E-state index in [1.807, 2.05) is 12.1 Å². The third-order valence-electron chi connectivity index (χ3n) is 3.79. The zero-order valence-corrected chi connectivity index (χ0v) is 16.3. The molecule has 27 heavy (non-hydrogen) atoms. The third-order valence-corrected chi connectivity index (χ3v) is 5.08. The topological polar surface area (TPSA) is 76.9 Å². The first-order valence-corrected chi connectivity index (χ1v) is 9.44. The predicted octanol–water partition coefficient (Wildman–Crippen LogP) is 4.24. The number of carbonyl (C=O) groups is 2. The van der Waals surface area contributed by atoms with Crippen molar-refractivity contribution in [3.8, 4) is 5.69 Å². The number of aromatic nitrogens is 3. The molecule has 1 atom stereocenters. The summed E-state index contributed by atoms with van der Waals surface area (Å²) in [5.74, 6) is -0.246. The molecule has 1 heterocycles. The lowest BCUT2D eigenvalue weighted by atomic mass is 10.1. The normalized spacial score (nSPS) is 11.8. The summed E-state index contributed by atoms with van der Waals surface area (Å²) >= 11 is 7.33. The van der Waals surface area contributed by atoms with Gasteiger partial charge >= 0.3 is 0 Å². The largest absolute Gasteiger partial charge is 0.325 e. The quantitative estimate of drug-likeness (QED) is 0.494. The van der Waals surface area contributed by atoms with Crippen LogP contribution in [-0.2, 0) is 4.79 Å². The molecule has 6 nitrogen and oxygen atoms in total. The van der Waals surface area contributed by atoms with Gasteiger partial charge in [0.2, 0.25) is 5.91 Å². The molecular weight excluding hydrogens is 384 g/mol. The molecule has 1 amide bonds. The van der Waals surface area contributed by atoms with Crippen molar-refractivity contribution in [2.24, 2.45) is 0 Å². The molecular formula is C19H17ClN4O2S. The van der Waals surface area contributed by atoms with Crippen LogP contribution in [0.15, 0.2) is 60.0 Å². The fraction of sp³-hybridized carbons (Fsp3) is 0.158. The molecule has 0 radical (unpaired) electrons. The first-order valence-electron chi connectivity index (χ1n) is 8.18. The highest BCUT2D eigenvalue weighted by Crippen LogP contribution is 2.26. The number of hydrogen-bond donors (Lipinski definition) is 1. The third kappa shape index (κ3) is 4.75. The van der Waals surface area contributed by atoms with Crippen LogP contribution in [-0.4, -0.2) is 31.7 Å². The average Bonchev–Trinajstić information content (AvgIpc) is 3.10. The SMILES string of the molecule is CC(=O)c1cccc(NC(=O)[C@H](C)Sc2nncn2-c2cccc(Cl)c2)c1. The molecule has 0 saturated heterocycles. The van der Waals surface area contributed by atoms with E-state index in [-0.39, 0.29) is 11.7 Å². The minimum Gasteiger partial charge on any atom is -0.325 e. The Morgan fingerprint density at radius 3 is 2.70 bits per heavy atom. The van der Waals surface area contributed by atoms with E-state index in [1.165, 1.54) is 18.7 Å². The molecule has 0 bridgehead atoms. The van der Waals surface area contributed by atoms with Crippen LogP contribution in [0.25, 0.3) is 5.69 Å². The van der Waals surface area contributed by atoms with E-state index in [2.05, 4.69) is 15.5 Å². The van der Waals surface area contributed by atoms with Crippen molar-refractivity contribution in [3.05, 3.63) is 65.4 Å². The van der Waals surface area contributed by atoms with Crippen molar-refractivity contribution in [3.63, 3.8) is 0 Å². The average molecular weight is 401 g/mol. The van der Waals surface area contributed by atoms with Crippen LogP contribution in [0.1, 0.15) is 24.2 Å². The second kappa shape index (κ2) is 8.37. The van der Waals surface area contributed by atoms with Crippen molar-refractivity contribution in [1.29, 1.82) is 0 Å². The molecule has 0 aliphatic carbocycles. The second-order valence-electron chi connectivity index (χ2n) is 5.85. The van der Waals surface area contributed by atoms with Gasteiger partial charge < -0.3 is 5.32 Å². The Balaban J connectivity index is 1.72. The lowest BCUT2D eigenvalue weighted by Gasteiger charge is -2.13. The number of nitrogens with one attached hydrogen (secondary N) is 1. The number of thioether (sulfide) groups is 1. The fourth-order valence-corrected chi connectivity index (χ4v) is 3.41.